The van der Waals surface area contributed by atoms with Crippen LogP contribution in [0.1, 0.15) is 12.1 Å². The summed E-state index contributed by atoms with van der Waals surface area (Å²) in [5, 5.41) is -1.20. The Balaban J connectivity index is 2.38. The average Bonchev–Trinajstić information content (AvgIpc) is 2.70. The van der Waals surface area contributed by atoms with Gasteiger partial charge in [-0.2, -0.15) is 13.2 Å². The highest BCUT2D eigenvalue weighted by molar-refractivity contribution is 9.10. The van der Waals surface area contributed by atoms with Gasteiger partial charge in [-0.1, -0.05) is 0 Å². The van der Waals surface area contributed by atoms with Gasteiger partial charge in [-0.3, -0.25) is 9.69 Å². The lowest BCUT2D eigenvalue weighted by Crippen LogP contribution is -2.29. The summed E-state index contributed by atoms with van der Waals surface area (Å²) in [4.78, 5) is 19.4. The molecule has 116 valence electrons. The summed E-state index contributed by atoms with van der Waals surface area (Å²) < 4.78 is 60.2. The van der Waals surface area contributed by atoms with Gasteiger partial charge >= 0.3 is 6.18 Å². The molecule has 1 saturated heterocycles. The fourth-order valence-electron chi connectivity index (χ4n) is 1.74. The van der Waals surface area contributed by atoms with Crippen LogP contribution in [0.15, 0.2) is 10.7 Å². The molecule has 1 aromatic rings. The molecule has 1 aromatic heterocycles. The van der Waals surface area contributed by atoms with Crippen molar-refractivity contribution in [1.29, 1.82) is 0 Å². The summed E-state index contributed by atoms with van der Waals surface area (Å²) in [5.41, 5.74) is -1.25. The SMILES string of the molecule is O=C1CC(S(=O)(=O)Cl)CN1c1ncc(Br)c(C(F)(F)F)n1. The molecule has 0 radical (unpaired) electrons. The van der Waals surface area contributed by atoms with E-state index in [4.69, 9.17) is 10.7 Å². The maximum Gasteiger partial charge on any atom is 0.434 e. The topological polar surface area (TPSA) is 80.2 Å². The molecule has 1 unspecified atom stereocenters. The maximum atomic E-state index is 12.7. The van der Waals surface area contributed by atoms with Gasteiger partial charge < -0.3 is 0 Å². The van der Waals surface area contributed by atoms with Gasteiger partial charge in [0.05, 0.1) is 4.47 Å². The fourth-order valence-corrected chi connectivity index (χ4v) is 3.19. The predicted octanol–water partition coefficient (Wildman–Crippen LogP) is 1.93. The molecule has 0 spiro atoms. The molecule has 0 aromatic carbocycles. The first-order valence-corrected chi connectivity index (χ1v) is 8.50. The van der Waals surface area contributed by atoms with E-state index in [1.165, 1.54) is 0 Å². The monoisotopic (exact) mass is 407 g/mol. The zero-order valence-corrected chi connectivity index (χ0v) is 13.1. The Morgan fingerprint density at radius 3 is 2.52 bits per heavy atom. The van der Waals surface area contributed by atoms with Crippen molar-refractivity contribution in [3.05, 3.63) is 16.4 Å². The van der Waals surface area contributed by atoms with Crippen LogP contribution in [-0.2, 0) is 20.0 Å². The molecular formula is C9H6BrClF3N3O3S. The van der Waals surface area contributed by atoms with E-state index >= 15 is 0 Å². The molecule has 0 saturated carbocycles. The van der Waals surface area contributed by atoms with Gasteiger partial charge in [-0.25, -0.2) is 18.4 Å². The molecule has 1 atom stereocenters. The zero-order chi connectivity index (χ0) is 16.0. The van der Waals surface area contributed by atoms with Crippen LogP contribution in [0, 0.1) is 0 Å². The number of rotatable bonds is 2. The lowest BCUT2D eigenvalue weighted by atomic mass is 10.4. The highest BCUT2D eigenvalue weighted by Crippen LogP contribution is 2.34. The van der Waals surface area contributed by atoms with E-state index in [2.05, 4.69) is 25.9 Å². The Morgan fingerprint density at radius 1 is 1.43 bits per heavy atom. The molecule has 2 rings (SSSR count). The second kappa shape index (κ2) is 5.36. The predicted molar refractivity (Wildman–Crippen MR) is 70.3 cm³/mol. The third kappa shape index (κ3) is 3.46. The summed E-state index contributed by atoms with van der Waals surface area (Å²) in [6, 6.07) is 0. The van der Waals surface area contributed by atoms with Crippen LogP contribution in [0.3, 0.4) is 0 Å². The number of carbonyl (C=O) groups is 1. The number of hydrogen-bond acceptors (Lipinski definition) is 5. The lowest BCUT2D eigenvalue weighted by Gasteiger charge is -2.16. The summed E-state index contributed by atoms with van der Waals surface area (Å²) in [7, 11) is 1.15. The number of aromatic nitrogens is 2. The Hall–Kier alpha value is -0.940. The minimum Gasteiger partial charge on any atom is -0.279 e. The first-order chi connectivity index (χ1) is 9.50. The number of hydrogen-bond donors (Lipinski definition) is 0. The van der Waals surface area contributed by atoms with Gasteiger partial charge in [0, 0.05) is 29.8 Å². The average molecular weight is 409 g/mol. The standard InChI is InChI=1S/C9H6BrClF3N3O3S/c10-5-2-15-8(16-7(5)9(12,13)14)17-3-4(1-6(17)18)21(11,19)20/h2,4H,1,3H2. The van der Waals surface area contributed by atoms with Crippen LogP contribution in [-0.4, -0.2) is 36.1 Å². The van der Waals surface area contributed by atoms with Gasteiger partial charge in [0.2, 0.25) is 20.9 Å². The quantitative estimate of drug-likeness (QED) is 0.699. The fraction of sp³-hybridized carbons (Fsp3) is 0.444. The Bertz CT molecular complexity index is 697. The van der Waals surface area contributed by atoms with Crippen molar-refractivity contribution >= 4 is 47.5 Å². The van der Waals surface area contributed by atoms with Crippen molar-refractivity contribution in [3.63, 3.8) is 0 Å². The van der Waals surface area contributed by atoms with Crippen LogP contribution in [0.2, 0.25) is 0 Å². The highest BCUT2D eigenvalue weighted by atomic mass is 79.9. The normalized spacial score (nSPS) is 20.1. The second-order valence-corrected chi connectivity index (χ2v) is 7.93. The van der Waals surface area contributed by atoms with Crippen molar-refractivity contribution in [2.24, 2.45) is 0 Å². The molecule has 0 bridgehead atoms. The number of nitrogens with zero attached hydrogens (tertiary/aromatic N) is 3. The van der Waals surface area contributed by atoms with E-state index in [0.29, 0.717) is 0 Å². The first kappa shape index (κ1) is 16.4. The summed E-state index contributed by atoms with van der Waals surface area (Å²) in [5.74, 6) is -1.22. The minimum atomic E-state index is -4.74. The maximum absolute atomic E-state index is 12.7. The van der Waals surface area contributed by atoms with E-state index in [9.17, 15) is 26.4 Å². The number of amides is 1. The van der Waals surface area contributed by atoms with Crippen LogP contribution in [0.25, 0.3) is 0 Å². The minimum absolute atomic E-state index is 0.382. The van der Waals surface area contributed by atoms with Crippen LogP contribution < -0.4 is 4.90 Å². The number of carbonyl (C=O) groups excluding carboxylic acids is 1. The molecule has 1 fully saturated rings. The molecule has 0 aliphatic carbocycles. The van der Waals surface area contributed by atoms with Gasteiger partial charge in [-0.15, -0.1) is 0 Å². The Kier molecular flexibility index (Phi) is 4.19. The molecular weight excluding hydrogens is 403 g/mol. The van der Waals surface area contributed by atoms with Gasteiger partial charge in [0.25, 0.3) is 0 Å². The van der Waals surface area contributed by atoms with E-state index in [0.717, 1.165) is 11.1 Å². The van der Waals surface area contributed by atoms with E-state index in [-0.39, 0.29) is 11.0 Å². The number of anilines is 1. The molecule has 1 aliphatic heterocycles. The third-order valence-electron chi connectivity index (χ3n) is 2.73. The summed E-state index contributed by atoms with van der Waals surface area (Å²) in [6.45, 7) is -0.385. The Morgan fingerprint density at radius 2 is 2.05 bits per heavy atom. The van der Waals surface area contributed by atoms with Crippen molar-refractivity contribution in [2.75, 3.05) is 11.4 Å². The van der Waals surface area contributed by atoms with Crippen LogP contribution in [0.5, 0.6) is 0 Å². The second-order valence-electron chi connectivity index (χ2n) is 4.17. The summed E-state index contributed by atoms with van der Waals surface area (Å²) >= 11 is 2.67. The number of alkyl halides is 3. The molecule has 21 heavy (non-hydrogen) atoms. The van der Waals surface area contributed by atoms with Gasteiger partial charge in [0.15, 0.2) is 5.69 Å². The van der Waals surface area contributed by atoms with Crippen molar-refractivity contribution < 1.29 is 26.4 Å². The van der Waals surface area contributed by atoms with E-state index < -0.39 is 44.4 Å². The van der Waals surface area contributed by atoms with Gasteiger partial charge in [0.1, 0.15) is 5.25 Å². The highest BCUT2D eigenvalue weighted by Gasteiger charge is 2.41. The molecule has 1 amide bonds. The van der Waals surface area contributed by atoms with E-state index in [1.807, 2.05) is 0 Å². The van der Waals surface area contributed by atoms with Crippen LogP contribution in [0.4, 0.5) is 19.1 Å². The molecule has 2 heterocycles. The summed E-state index contributed by atoms with van der Waals surface area (Å²) in [6.07, 6.45) is -4.31. The van der Waals surface area contributed by atoms with Crippen molar-refractivity contribution in [3.8, 4) is 0 Å². The first-order valence-electron chi connectivity index (χ1n) is 5.33. The lowest BCUT2D eigenvalue weighted by molar-refractivity contribution is -0.141. The Labute approximate surface area is 129 Å². The molecule has 1 aliphatic rings. The number of halogens is 5. The smallest absolute Gasteiger partial charge is 0.279 e. The van der Waals surface area contributed by atoms with E-state index in [1.54, 1.807) is 0 Å². The molecule has 12 heteroatoms. The zero-order valence-electron chi connectivity index (χ0n) is 9.93. The van der Waals surface area contributed by atoms with Crippen molar-refractivity contribution in [2.45, 2.75) is 17.8 Å². The van der Waals surface area contributed by atoms with Gasteiger partial charge in [-0.05, 0) is 15.9 Å². The van der Waals surface area contributed by atoms with Crippen molar-refractivity contribution in [1.82, 2.24) is 9.97 Å². The van der Waals surface area contributed by atoms with Crippen LogP contribution >= 0.6 is 26.6 Å². The molecule has 0 N–H and O–H groups in total. The third-order valence-corrected chi connectivity index (χ3v) is 5.18. The largest absolute Gasteiger partial charge is 0.434 e. The molecule has 6 nitrogen and oxygen atoms in total.